The molecule has 0 bridgehead atoms. The lowest BCUT2D eigenvalue weighted by molar-refractivity contribution is -0.134. The van der Waals surface area contributed by atoms with Crippen LogP contribution in [0.25, 0.3) is 0 Å². The molecule has 3 fully saturated rings. The maximum absolute atomic E-state index is 12.6. The van der Waals surface area contributed by atoms with Crippen LogP contribution in [0.4, 0.5) is 0 Å². The van der Waals surface area contributed by atoms with E-state index in [1.54, 1.807) is 0 Å². The predicted octanol–water partition coefficient (Wildman–Crippen LogP) is 1.85. The maximum Gasteiger partial charge on any atom is 0.236 e. The number of nitrogens with one attached hydrogen (secondary N) is 1. The molecule has 1 saturated carbocycles. The number of nitrogens with zero attached hydrogens (tertiary/aromatic N) is 2. The van der Waals surface area contributed by atoms with Gasteiger partial charge in [-0.2, -0.15) is 0 Å². The summed E-state index contributed by atoms with van der Waals surface area (Å²) < 4.78 is 0. The van der Waals surface area contributed by atoms with Gasteiger partial charge in [-0.25, -0.2) is 0 Å². The highest BCUT2D eigenvalue weighted by Crippen LogP contribution is 2.28. The predicted molar refractivity (Wildman–Crippen MR) is 85.2 cm³/mol. The standard InChI is InChI=1S/C17H31N3O/c1-14-5-4-10-19(11-14)17(21)13-20(16-7-8-16)12-15-6-2-3-9-18-15/h14-16,18H,2-13H2,1H3. The van der Waals surface area contributed by atoms with Crippen molar-refractivity contribution in [1.29, 1.82) is 0 Å². The topological polar surface area (TPSA) is 35.6 Å². The van der Waals surface area contributed by atoms with Gasteiger partial charge in [0.25, 0.3) is 0 Å². The minimum atomic E-state index is 0.365. The monoisotopic (exact) mass is 293 g/mol. The summed E-state index contributed by atoms with van der Waals surface area (Å²) in [5.41, 5.74) is 0. The van der Waals surface area contributed by atoms with Gasteiger partial charge in [-0.15, -0.1) is 0 Å². The first kappa shape index (κ1) is 15.3. The molecule has 4 nitrogen and oxygen atoms in total. The first-order valence-corrected chi connectivity index (χ1v) is 8.97. The van der Waals surface area contributed by atoms with Gasteiger partial charge in [0.1, 0.15) is 0 Å². The van der Waals surface area contributed by atoms with Gasteiger partial charge >= 0.3 is 0 Å². The summed E-state index contributed by atoms with van der Waals surface area (Å²) in [6, 6.07) is 1.28. The van der Waals surface area contributed by atoms with Gasteiger partial charge in [-0.1, -0.05) is 13.3 Å². The number of hydrogen-bond acceptors (Lipinski definition) is 3. The molecule has 4 heteroatoms. The molecule has 3 aliphatic rings. The van der Waals surface area contributed by atoms with Gasteiger partial charge in [0, 0.05) is 31.7 Å². The first-order chi connectivity index (χ1) is 10.2. The van der Waals surface area contributed by atoms with Crippen molar-refractivity contribution in [3.63, 3.8) is 0 Å². The lowest BCUT2D eigenvalue weighted by atomic mass is 10.0. The third-order valence-electron chi connectivity index (χ3n) is 5.28. The molecule has 2 saturated heterocycles. The lowest BCUT2D eigenvalue weighted by Crippen LogP contribution is -2.49. The molecule has 2 heterocycles. The highest BCUT2D eigenvalue weighted by atomic mass is 16.2. The Balaban J connectivity index is 1.50. The number of rotatable bonds is 5. The Hall–Kier alpha value is -0.610. The molecule has 0 spiro atoms. The van der Waals surface area contributed by atoms with Gasteiger partial charge in [0.05, 0.1) is 6.54 Å². The summed E-state index contributed by atoms with van der Waals surface area (Å²) in [4.78, 5) is 17.2. The molecule has 0 radical (unpaired) electrons. The van der Waals surface area contributed by atoms with E-state index in [0.717, 1.165) is 26.2 Å². The van der Waals surface area contributed by atoms with Crippen LogP contribution in [0.5, 0.6) is 0 Å². The second-order valence-electron chi connectivity index (χ2n) is 7.39. The number of amides is 1. The molecule has 1 aliphatic carbocycles. The van der Waals surface area contributed by atoms with E-state index in [1.165, 1.54) is 44.9 Å². The Bertz CT molecular complexity index is 350. The summed E-state index contributed by atoms with van der Waals surface area (Å²) in [6.07, 6.45) is 8.96. The molecule has 0 aromatic rings. The number of carbonyl (C=O) groups is 1. The van der Waals surface area contributed by atoms with Crippen LogP contribution in [-0.2, 0) is 4.79 Å². The van der Waals surface area contributed by atoms with Crippen LogP contribution in [0.3, 0.4) is 0 Å². The molecular formula is C17H31N3O. The van der Waals surface area contributed by atoms with Crippen molar-refractivity contribution in [1.82, 2.24) is 15.1 Å². The molecule has 120 valence electrons. The van der Waals surface area contributed by atoms with E-state index in [4.69, 9.17) is 0 Å². The van der Waals surface area contributed by atoms with Crippen molar-refractivity contribution in [2.24, 2.45) is 5.92 Å². The maximum atomic E-state index is 12.6. The van der Waals surface area contributed by atoms with E-state index in [0.29, 0.717) is 30.5 Å². The molecule has 0 aromatic heterocycles. The zero-order valence-electron chi connectivity index (χ0n) is 13.5. The van der Waals surface area contributed by atoms with Crippen molar-refractivity contribution in [2.45, 2.75) is 64.0 Å². The van der Waals surface area contributed by atoms with Gasteiger partial charge in [-0.3, -0.25) is 9.69 Å². The normalized spacial score (nSPS) is 30.7. The van der Waals surface area contributed by atoms with Crippen molar-refractivity contribution < 1.29 is 4.79 Å². The van der Waals surface area contributed by atoms with E-state index in [-0.39, 0.29) is 0 Å². The Morgan fingerprint density at radius 2 is 2.05 bits per heavy atom. The zero-order chi connectivity index (χ0) is 14.7. The fourth-order valence-corrected chi connectivity index (χ4v) is 3.83. The van der Waals surface area contributed by atoms with Crippen LogP contribution in [-0.4, -0.2) is 60.5 Å². The third-order valence-corrected chi connectivity index (χ3v) is 5.28. The van der Waals surface area contributed by atoms with E-state index < -0.39 is 0 Å². The Kier molecular flexibility index (Phi) is 5.17. The summed E-state index contributed by atoms with van der Waals surface area (Å²) >= 11 is 0. The van der Waals surface area contributed by atoms with Crippen LogP contribution in [0.15, 0.2) is 0 Å². The van der Waals surface area contributed by atoms with Crippen LogP contribution in [0, 0.1) is 5.92 Å². The third kappa shape index (κ3) is 4.43. The number of hydrogen-bond donors (Lipinski definition) is 1. The van der Waals surface area contributed by atoms with E-state index in [1.807, 2.05) is 0 Å². The minimum Gasteiger partial charge on any atom is -0.341 e. The number of likely N-dealkylation sites (tertiary alicyclic amines) is 1. The van der Waals surface area contributed by atoms with Crippen LogP contribution in [0.2, 0.25) is 0 Å². The highest BCUT2D eigenvalue weighted by Gasteiger charge is 2.33. The fraction of sp³-hybridized carbons (Fsp3) is 0.941. The van der Waals surface area contributed by atoms with Crippen LogP contribution in [0.1, 0.15) is 51.9 Å². The average Bonchev–Trinajstić information content (AvgIpc) is 3.32. The van der Waals surface area contributed by atoms with Gasteiger partial charge in [0.2, 0.25) is 5.91 Å². The van der Waals surface area contributed by atoms with Crippen LogP contribution < -0.4 is 5.32 Å². The Morgan fingerprint density at radius 1 is 1.19 bits per heavy atom. The summed E-state index contributed by atoms with van der Waals surface area (Å²) in [7, 11) is 0. The SMILES string of the molecule is CC1CCCN(C(=O)CN(CC2CCCCN2)C2CC2)C1. The summed E-state index contributed by atoms with van der Waals surface area (Å²) in [5, 5.41) is 3.63. The summed E-state index contributed by atoms with van der Waals surface area (Å²) in [6.45, 7) is 7.09. The molecule has 0 aromatic carbocycles. The smallest absolute Gasteiger partial charge is 0.236 e. The molecule has 2 aliphatic heterocycles. The second kappa shape index (κ2) is 7.10. The van der Waals surface area contributed by atoms with E-state index >= 15 is 0 Å². The van der Waals surface area contributed by atoms with Crippen molar-refractivity contribution >= 4 is 5.91 Å². The molecule has 2 atom stereocenters. The Morgan fingerprint density at radius 3 is 2.71 bits per heavy atom. The van der Waals surface area contributed by atoms with Gasteiger partial charge < -0.3 is 10.2 Å². The minimum absolute atomic E-state index is 0.365. The first-order valence-electron chi connectivity index (χ1n) is 8.97. The largest absolute Gasteiger partial charge is 0.341 e. The highest BCUT2D eigenvalue weighted by molar-refractivity contribution is 5.78. The fourth-order valence-electron chi connectivity index (χ4n) is 3.83. The van der Waals surface area contributed by atoms with E-state index in [2.05, 4.69) is 22.0 Å². The molecule has 2 unspecified atom stereocenters. The molecule has 1 N–H and O–H groups in total. The summed E-state index contributed by atoms with van der Waals surface area (Å²) in [5.74, 6) is 1.04. The number of carbonyl (C=O) groups excluding carboxylic acids is 1. The molecule has 1 amide bonds. The lowest BCUT2D eigenvalue weighted by Gasteiger charge is -2.34. The molecule has 21 heavy (non-hydrogen) atoms. The van der Waals surface area contributed by atoms with Crippen molar-refractivity contribution in [3.8, 4) is 0 Å². The van der Waals surface area contributed by atoms with E-state index in [9.17, 15) is 4.79 Å². The number of piperidine rings is 2. The quantitative estimate of drug-likeness (QED) is 0.840. The molecule has 3 rings (SSSR count). The van der Waals surface area contributed by atoms with Gasteiger partial charge in [-0.05, 0) is 51.0 Å². The average molecular weight is 293 g/mol. The zero-order valence-corrected chi connectivity index (χ0v) is 13.5. The van der Waals surface area contributed by atoms with Crippen molar-refractivity contribution in [3.05, 3.63) is 0 Å². The second-order valence-corrected chi connectivity index (χ2v) is 7.39. The Labute approximate surface area is 129 Å². The van der Waals surface area contributed by atoms with Gasteiger partial charge in [0.15, 0.2) is 0 Å². The molecular weight excluding hydrogens is 262 g/mol. The van der Waals surface area contributed by atoms with Crippen molar-refractivity contribution in [2.75, 3.05) is 32.7 Å². The van der Waals surface area contributed by atoms with Crippen LogP contribution >= 0.6 is 0 Å².